The molecule has 1 atom stereocenters. The summed E-state index contributed by atoms with van der Waals surface area (Å²) in [4.78, 5) is 32.9. The van der Waals surface area contributed by atoms with E-state index in [9.17, 15) is 9.70 Å². The zero-order valence-electron chi connectivity index (χ0n) is 15.4. The van der Waals surface area contributed by atoms with Crippen LogP contribution in [0.2, 0.25) is 0 Å². The van der Waals surface area contributed by atoms with E-state index in [2.05, 4.69) is 21.2 Å². The molecule has 0 saturated heterocycles. The van der Waals surface area contributed by atoms with Gasteiger partial charge >= 0.3 is 5.91 Å². The summed E-state index contributed by atoms with van der Waals surface area (Å²) in [6.07, 6.45) is 7.21. The second-order valence-electron chi connectivity index (χ2n) is 6.37. The van der Waals surface area contributed by atoms with Crippen LogP contribution in [0.25, 0.3) is 22.0 Å². The number of benzene rings is 1. The van der Waals surface area contributed by atoms with Crippen LogP contribution in [0.1, 0.15) is 33.1 Å². The molecule has 27 heavy (non-hydrogen) atoms. The number of fused-ring (bicyclic) bond motifs is 1. The molecule has 0 radical (unpaired) electrons. The molecule has 6 heteroatoms. The predicted molar refractivity (Wildman–Crippen MR) is 110 cm³/mol. The lowest BCUT2D eigenvalue weighted by atomic mass is 9.99. The summed E-state index contributed by atoms with van der Waals surface area (Å²) in [6.45, 7) is 3.94. The van der Waals surface area contributed by atoms with Gasteiger partial charge in [0.05, 0.1) is 5.52 Å². The fourth-order valence-corrected chi connectivity index (χ4v) is 4.63. The smallest absolute Gasteiger partial charge is 0.267 e. The lowest BCUT2D eigenvalue weighted by molar-refractivity contribution is -0.120. The van der Waals surface area contributed by atoms with Crippen LogP contribution in [0.5, 0.6) is 0 Å². The Morgan fingerprint density at radius 3 is 2.52 bits per heavy atom. The number of hydrogen-bond acceptors (Lipinski definition) is 5. The largest absolute Gasteiger partial charge is 0.302 e. The second kappa shape index (κ2) is 8.39. The van der Waals surface area contributed by atoms with Crippen LogP contribution < -0.4 is 0 Å². The van der Waals surface area contributed by atoms with Gasteiger partial charge in [-0.1, -0.05) is 26.3 Å². The minimum absolute atomic E-state index is 0.546. The Hall–Kier alpha value is -2.60. The average Bonchev–Trinajstić information content (AvgIpc) is 2.73. The van der Waals surface area contributed by atoms with Crippen molar-refractivity contribution in [3.05, 3.63) is 59.9 Å². The number of thioether (sulfide) groups is 1. The molecule has 0 spiro atoms. The number of hydrogen-bond donors (Lipinski definition) is 0. The quantitative estimate of drug-likeness (QED) is 0.393. The normalized spacial score (nSPS) is 13.3. The van der Waals surface area contributed by atoms with E-state index in [1.54, 1.807) is 18.6 Å². The summed E-state index contributed by atoms with van der Waals surface area (Å²) in [7, 11) is 0. The number of nitroso groups, excluding NO2 is 1. The fourth-order valence-electron chi connectivity index (χ4n) is 3.23. The zero-order valence-corrected chi connectivity index (χ0v) is 16.2. The molecule has 1 amide bonds. The standard InChI is InChI=1S/C21H21N3O2S/c1-3-10-21(4-2,20(25)24-26)27-19-9-13-23-18-6-5-16(14-17(18)19)15-7-11-22-12-8-15/h5-9,11-14H,3-4,10H2,1-2H3. The lowest BCUT2D eigenvalue weighted by Gasteiger charge is -2.27. The van der Waals surface area contributed by atoms with Crippen molar-refractivity contribution < 1.29 is 4.79 Å². The number of aromatic nitrogens is 2. The average molecular weight is 379 g/mol. The molecule has 3 rings (SSSR count). The number of nitrogens with zero attached hydrogens (tertiary/aromatic N) is 3. The summed E-state index contributed by atoms with van der Waals surface area (Å²) in [6, 6.07) is 11.9. The van der Waals surface area contributed by atoms with Crippen LogP contribution in [0.15, 0.2) is 65.1 Å². The molecule has 1 aromatic carbocycles. The Labute approximate surface area is 162 Å². The van der Waals surface area contributed by atoms with Crippen molar-refractivity contribution in [3.63, 3.8) is 0 Å². The van der Waals surface area contributed by atoms with Gasteiger partial charge in [-0.2, -0.15) is 0 Å². The van der Waals surface area contributed by atoms with E-state index in [0.29, 0.717) is 12.8 Å². The van der Waals surface area contributed by atoms with Crippen LogP contribution in [0, 0.1) is 4.91 Å². The Morgan fingerprint density at radius 2 is 1.85 bits per heavy atom. The van der Waals surface area contributed by atoms with E-state index in [4.69, 9.17) is 0 Å². The number of rotatable bonds is 7. The molecule has 0 aliphatic carbocycles. The number of carbonyl (C=O) groups is 1. The van der Waals surface area contributed by atoms with E-state index < -0.39 is 10.7 Å². The van der Waals surface area contributed by atoms with Crippen molar-refractivity contribution in [3.8, 4) is 11.1 Å². The SMILES string of the molecule is CCCC(CC)(Sc1ccnc2ccc(-c3ccncc3)cc12)C(=O)N=O. The third-order valence-electron chi connectivity index (χ3n) is 4.72. The summed E-state index contributed by atoms with van der Waals surface area (Å²) in [5, 5.41) is 3.72. The van der Waals surface area contributed by atoms with Crippen LogP contribution in [0.4, 0.5) is 0 Å². The van der Waals surface area contributed by atoms with Crippen LogP contribution in [0.3, 0.4) is 0 Å². The van der Waals surface area contributed by atoms with Crippen molar-refractivity contribution >= 4 is 28.6 Å². The van der Waals surface area contributed by atoms with E-state index in [1.165, 1.54) is 11.8 Å². The maximum atomic E-state index is 12.4. The molecule has 2 aromatic heterocycles. The molecule has 0 aliphatic rings. The van der Waals surface area contributed by atoms with Crippen LogP contribution in [-0.4, -0.2) is 20.6 Å². The summed E-state index contributed by atoms with van der Waals surface area (Å²) < 4.78 is -0.836. The third-order valence-corrected chi connectivity index (χ3v) is 6.35. The fraction of sp³-hybridized carbons (Fsp3) is 0.286. The van der Waals surface area contributed by atoms with E-state index >= 15 is 0 Å². The van der Waals surface area contributed by atoms with E-state index in [0.717, 1.165) is 33.3 Å². The highest BCUT2D eigenvalue weighted by atomic mass is 32.2. The first-order valence-electron chi connectivity index (χ1n) is 8.99. The number of carbonyl (C=O) groups excluding carboxylic acids is 1. The van der Waals surface area contributed by atoms with Gasteiger partial charge in [-0.25, -0.2) is 0 Å². The summed E-state index contributed by atoms with van der Waals surface area (Å²) >= 11 is 1.43. The highest BCUT2D eigenvalue weighted by Gasteiger charge is 2.38. The molecule has 0 N–H and O–H groups in total. The third kappa shape index (κ3) is 3.90. The monoisotopic (exact) mass is 379 g/mol. The van der Waals surface area contributed by atoms with Gasteiger partial charge in [-0.3, -0.25) is 14.8 Å². The van der Waals surface area contributed by atoms with E-state index in [-0.39, 0.29) is 0 Å². The maximum absolute atomic E-state index is 12.4. The van der Waals surface area contributed by atoms with Gasteiger partial charge in [0.1, 0.15) is 4.75 Å². The number of amides is 1. The topological polar surface area (TPSA) is 72.3 Å². The summed E-state index contributed by atoms with van der Waals surface area (Å²) in [5.41, 5.74) is 2.97. The molecule has 2 heterocycles. The molecular formula is C21H21N3O2S. The number of pyridine rings is 2. The Kier molecular flexibility index (Phi) is 5.96. The van der Waals surface area contributed by atoms with Gasteiger partial charge in [0.25, 0.3) is 0 Å². The molecular weight excluding hydrogens is 358 g/mol. The Balaban J connectivity index is 2.10. The molecule has 3 aromatic rings. The van der Waals surface area contributed by atoms with Gasteiger partial charge in [-0.15, -0.1) is 16.7 Å². The predicted octanol–water partition coefficient (Wildman–Crippen LogP) is 5.63. The Bertz CT molecular complexity index is 962. The second-order valence-corrected chi connectivity index (χ2v) is 7.80. The minimum Gasteiger partial charge on any atom is -0.267 e. The van der Waals surface area contributed by atoms with Crippen molar-refractivity contribution in [1.82, 2.24) is 9.97 Å². The minimum atomic E-state index is -0.836. The molecule has 5 nitrogen and oxygen atoms in total. The maximum Gasteiger partial charge on any atom is 0.302 e. The first-order chi connectivity index (χ1) is 13.1. The van der Waals surface area contributed by atoms with Crippen LogP contribution in [-0.2, 0) is 4.79 Å². The highest BCUT2D eigenvalue weighted by Crippen LogP contribution is 2.43. The Morgan fingerprint density at radius 1 is 1.07 bits per heavy atom. The van der Waals surface area contributed by atoms with Gasteiger partial charge < -0.3 is 0 Å². The van der Waals surface area contributed by atoms with E-state index in [1.807, 2.05) is 44.2 Å². The molecule has 138 valence electrons. The van der Waals surface area contributed by atoms with Crippen molar-refractivity contribution in [2.75, 3.05) is 0 Å². The van der Waals surface area contributed by atoms with Crippen molar-refractivity contribution in [2.24, 2.45) is 5.18 Å². The van der Waals surface area contributed by atoms with Gasteiger partial charge in [0.15, 0.2) is 0 Å². The first kappa shape index (κ1) is 19.2. The lowest BCUT2D eigenvalue weighted by Crippen LogP contribution is -2.33. The van der Waals surface area contributed by atoms with Crippen LogP contribution >= 0.6 is 11.8 Å². The first-order valence-corrected chi connectivity index (χ1v) is 9.81. The zero-order chi connectivity index (χ0) is 19.3. The van der Waals surface area contributed by atoms with Gasteiger partial charge in [-0.05, 0) is 54.3 Å². The molecule has 1 unspecified atom stereocenters. The van der Waals surface area contributed by atoms with Crippen molar-refractivity contribution in [2.45, 2.75) is 42.8 Å². The van der Waals surface area contributed by atoms with Crippen molar-refractivity contribution in [1.29, 1.82) is 0 Å². The molecule has 0 fully saturated rings. The summed E-state index contributed by atoms with van der Waals surface area (Å²) in [5.74, 6) is -0.591. The molecule has 0 saturated carbocycles. The molecule has 0 bridgehead atoms. The molecule has 0 aliphatic heterocycles. The highest BCUT2D eigenvalue weighted by molar-refractivity contribution is 8.01. The van der Waals surface area contributed by atoms with Gasteiger partial charge in [0, 0.05) is 34.0 Å². The van der Waals surface area contributed by atoms with Gasteiger partial charge in [0.2, 0.25) is 0 Å².